The van der Waals surface area contributed by atoms with Crippen molar-refractivity contribution in [3.05, 3.63) is 0 Å². The molecule has 0 N–H and O–H groups in total. The molecule has 0 aromatic carbocycles. The van der Waals surface area contributed by atoms with Crippen molar-refractivity contribution in [2.75, 3.05) is 33.7 Å². The summed E-state index contributed by atoms with van der Waals surface area (Å²) in [6.45, 7) is 11.8. The van der Waals surface area contributed by atoms with Crippen LogP contribution in [-0.4, -0.2) is 49.4 Å². The molecule has 3 nitrogen and oxygen atoms in total. The summed E-state index contributed by atoms with van der Waals surface area (Å²) in [5.74, 6) is 3.37. The third-order valence-electron chi connectivity index (χ3n) is 4.43. The number of carbonyl (C=O) groups excluding carboxylic acids is 1. The molecule has 0 saturated carbocycles. The number of hydrogen-bond donors (Lipinski definition) is 0. The first-order valence-corrected chi connectivity index (χ1v) is 7.75. The van der Waals surface area contributed by atoms with Gasteiger partial charge in [0, 0.05) is 13.1 Å². The number of likely N-dealkylation sites (tertiary alicyclic amines) is 1. The van der Waals surface area contributed by atoms with Gasteiger partial charge in [-0.1, -0.05) is 27.7 Å². The molecule has 0 aromatic heterocycles. The molecule has 0 aromatic rings. The molecule has 0 unspecified atom stereocenters. The lowest BCUT2D eigenvalue weighted by Crippen LogP contribution is -2.44. The number of hydrogen-bond acceptors (Lipinski definition) is 2. The van der Waals surface area contributed by atoms with Crippen molar-refractivity contribution in [3.8, 4) is 0 Å². The maximum atomic E-state index is 12.0. The van der Waals surface area contributed by atoms with Gasteiger partial charge in [0.05, 0.1) is 6.54 Å². The molecule has 1 aliphatic rings. The third-order valence-corrected chi connectivity index (χ3v) is 4.43. The second kappa shape index (κ2) is 7.28. The molecule has 1 amide bonds. The first kappa shape index (κ1) is 16.5. The predicted molar refractivity (Wildman–Crippen MR) is 81.0 cm³/mol. The monoisotopic (exact) mass is 268 g/mol. The largest absolute Gasteiger partial charge is 0.342 e. The zero-order chi connectivity index (χ0) is 14.6. The molecule has 1 aliphatic heterocycles. The van der Waals surface area contributed by atoms with E-state index in [2.05, 4.69) is 27.7 Å². The Balaban J connectivity index is 2.50. The molecular formula is C16H32N2O. The number of nitrogens with zero attached hydrogens (tertiary/aromatic N) is 2. The Labute approximate surface area is 119 Å². The van der Waals surface area contributed by atoms with Crippen LogP contribution in [0.2, 0.25) is 0 Å². The van der Waals surface area contributed by atoms with Crippen LogP contribution in [0, 0.1) is 23.7 Å². The molecule has 0 spiro atoms. The van der Waals surface area contributed by atoms with Gasteiger partial charge in [0.2, 0.25) is 5.91 Å². The maximum Gasteiger partial charge on any atom is 0.236 e. The lowest BCUT2D eigenvalue weighted by Gasteiger charge is -2.40. The smallest absolute Gasteiger partial charge is 0.236 e. The van der Waals surface area contributed by atoms with E-state index in [1.54, 1.807) is 0 Å². The summed E-state index contributed by atoms with van der Waals surface area (Å²) in [6, 6.07) is 0. The molecule has 1 saturated heterocycles. The fourth-order valence-corrected chi connectivity index (χ4v) is 3.76. The van der Waals surface area contributed by atoms with Gasteiger partial charge in [-0.2, -0.15) is 0 Å². The average molecular weight is 268 g/mol. The van der Waals surface area contributed by atoms with Crippen molar-refractivity contribution in [3.63, 3.8) is 0 Å². The molecule has 0 radical (unpaired) electrons. The lowest BCUT2D eigenvalue weighted by atomic mass is 9.72. The Morgan fingerprint density at radius 3 is 1.95 bits per heavy atom. The summed E-state index contributed by atoms with van der Waals surface area (Å²) in [5, 5.41) is 0. The SMILES string of the molecule is CC(C)C(C(C)C)C1CCN(C(=O)CN(C)C)CC1. The summed E-state index contributed by atoms with van der Waals surface area (Å²) in [5.41, 5.74) is 0. The van der Waals surface area contributed by atoms with Crippen LogP contribution in [-0.2, 0) is 4.79 Å². The van der Waals surface area contributed by atoms with Gasteiger partial charge >= 0.3 is 0 Å². The van der Waals surface area contributed by atoms with Crippen LogP contribution in [0.3, 0.4) is 0 Å². The summed E-state index contributed by atoms with van der Waals surface area (Å²) in [6.07, 6.45) is 2.36. The molecule has 112 valence electrons. The number of rotatable bonds is 5. The van der Waals surface area contributed by atoms with Crippen molar-refractivity contribution in [1.29, 1.82) is 0 Å². The van der Waals surface area contributed by atoms with Gasteiger partial charge in [-0.05, 0) is 50.6 Å². The zero-order valence-corrected chi connectivity index (χ0v) is 13.6. The van der Waals surface area contributed by atoms with Gasteiger partial charge in [0.1, 0.15) is 0 Å². The lowest BCUT2D eigenvalue weighted by molar-refractivity contribution is -0.133. The average Bonchev–Trinajstić information content (AvgIpc) is 2.27. The van der Waals surface area contributed by atoms with Crippen molar-refractivity contribution >= 4 is 5.91 Å². The summed E-state index contributed by atoms with van der Waals surface area (Å²) >= 11 is 0. The molecule has 0 aliphatic carbocycles. The van der Waals surface area contributed by atoms with Crippen LogP contribution in [0.15, 0.2) is 0 Å². The first-order chi connectivity index (χ1) is 8.82. The highest BCUT2D eigenvalue weighted by atomic mass is 16.2. The number of likely N-dealkylation sites (N-methyl/N-ethyl adjacent to an activating group) is 1. The minimum Gasteiger partial charge on any atom is -0.342 e. The Morgan fingerprint density at radius 2 is 1.58 bits per heavy atom. The van der Waals surface area contributed by atoms with Crippen LogP contribution in [0.4, 0.5) is 0 Å². The zero-order valence-electron chi connectivity index (χ0n) is 13.6. The highest BCUT2D eigenvalue weighted by molar-refractivity contribution is 5.78. The summed E-state index contributed by atoms with van der Waals surface area (Å²) in [4.78, 5) is 16.0. The van der Waals surface area contributed by atoms with Crippen LogP contribution < -0.4 is 0 Å². The fourth-order valence-electron chi connectivity index (χ4n) is 3.76. The highest BCUT2D eigenvalue weighted by Crippen LogP contribution is 2.35. The third kappa shape index (κ3) is 4.79. The van der Waals surface area contributed by atoms with Gasteiger partial charge in [-0.25, -0.2) is 0 Å². The van der Waals surface area contributed by atoms with Crippen LogP contribution in [0.25, 0.3) is 0 Å². The van der Waals surface area contributed by atoms with Crippen LogP contribution in [0.5, 0.6) is 0 Å². The predicted octanol–water partition coefficient (Wildman–Crippen LogP) is 2.71. The highest BCUT2D eigenvalue weighted by Gasteiger charge is 2.31. The van der Waals surface area contributed by atoms with Gasteiger partial charge in [-0.15, -0.1) is 0 Å². The quantitative estimate of drug-likeness (QED) is 0.765. The van der Waals surface area contributed by atoms with E-state index in [4.69, 9.17) is 0 Å². The standard InChI is InChI=1S/C16H32N2O/c1-12(2)16(13(3)4)14-7-9-18(10-8-14)15(19)11-17(5)6/h12-14,16H,7-11H2,1-6H3. The Hall–Kier alpha value is -0.570. The van der Waals surface area contributed by atoms with Gasteiger partial charge < -0.3 is 9.80 Å². The second-order valence-electron chi connectivity index (χ2n) is 7.02. The molecule has 0 bridgehead atoms. The van der Waals surface area contributed by atoms with E-state index in [-0.39, 0.29) is 5.91 Å². The number of carbonyl (C=O) groups is 1. The number of piperidine rings is 1. The molecule has 1 heterocycles. The van der Waals surface area contributed by atoms with E-state index in [1.165, 1.54) is 12.8 Å². The Bertz CT molecular complexity index is 270. The molecule has 3 heteroatoms. The van der Waals surface area contributed by atoms with Gasteiger partial charge in [0.25, 0.3) is 0 Å². The van der Waals surface area contributed by atoms with E-state index in [0.29, 0.717) is 6.54 Å². The van der Waals surface area contributed by atoms with E-state index >= 15 is 0 Å². The first-order valence-electron chi connectivity index (χ1n) is 7.75. The van der Waals surface area contributed by atoms with Crippen LogP contribution >= 0.6 is 0 Å². The van der Waals surface area contributed by atoms with Gasteiger partial charge in [-0.3, -0.25) is 4.79 Å². The Kier molecular flexibility index (Phi) is 6.31. The van der Waals surface area contributed by atoms with Gasteiger partial charge in [0.15, 0.2) is 0 Å². The molecule has 1 rings (SSSR count). The minimum absolute atomic E-state index is 0.286. The van der Waals surface area contributed by atoms with E-state index in [9.17, 15) is 4.79 Å². The van der Waals surface area contributed by atoms with Crippen molar-refractivity contribution < 1.29 is 4.79 Å². The molecular weight excluding hydrogens is 236 g/mol. The van der Waals surface area contributed by atoms with Crippen molar-refractivity contribution in [2.45, 2.75) is 40.5 Å². The van der Waals surface area contributed by atoms with Crippen LogP contribution in [0.1, 0.15) is 40.5 Å². The molecule has 1 fully saturated rings. The van der Waals surface area contributed by atoms with Crippen molar-refractivity contribution in [1.82, 2.24) is 9.80 Å². The Morgan fingerprint density at radius 1 is 1.11 bits per heavy atom. The van der Waals surface area contributed by atoms with Crippen molar-refractivity contribution in [2.24, 2.45) is 23.7 Å². The van der Waals surface area contributed by atoms with E-state index in [1.807, 2.05) is 23.9 Å². The molecule has 19 heavy (non-hydrogen) atoms. The second-order valence-corrected chi connectivity index (χ2v) is 7.02. The number of amides is 1. The maximum absolute atomic E-state index is 12.0. The minimum atomic E-state index is 0.286. The van der Waals surface area contributed by atoms with E-state index < -0.39 is 0 Å². The summed E-state index contributed by atoms with van der Waals surface area (Å²) in [7, 11) is 3.91. The normalized spacial score (nSPS) is 18.1. The fraction of sp³-hybridized carbons (Fsp3) is 0.938. The summed E-state index contributed by atoms with van der Waals surface area (Å²) < 4.78 is 0. The topological polar surface area (TPSA) is 23.6 Å². The molecule has 0 atom stereocenters. The van der Waals surface area contributed by atoms with E-state index in [0.717, 1.165) is 36.8 Å².